The number of nitrogens with zero attached hydrogens (tertiary/aromatic N) is 3. The maximum Gasteiger partial charge on any atom is 0.271 e. The lowest BCUT2D eigenvalue weighted by atomic mass is 10.1. The van der Waals surface area contributed by atoms with Gasteiger partial charge in [-0.15, -0.1) is 16.4 Å². The van der Waals surface area contributed by atoms with Crippen LogP contribution in [-0.2, 0) is 4.79 Å². The topological polar surface area (TPSA) is 114 Å². The Bertz CT molecular complexity index is 1210. The van der Waals surface area contributed by atoms with Gasteiger partial charge in [0, 0.05) is 12.1 Å². The Kier molecular flexibility index (Phi) is 6.31. The van der Waals surface area contributed by atoms with Crippen molar-refractivity contribution in [3.05, 3.63) is 86.7 Å². The highest BCUT2D eigenvalue weighted by atomic mass is 35.5. The van der Waals surface area contributed by atoms with Crippen LogP contribution in [0.25, 0.3) is 10.7 Å². The van der Waals surface area contributed by atoms with E-state index in [9.17, 15) is 14.9 Å². The number of H-pyrrole nitrogens is 1. The predicted octanol–water partition coefficient (Wildman–Crippen LogP) is 5.57. The SMILES string of the molecule is O=C(Nc1ccc([N+](=O)[O-])cc1Cl)C(Sc1n[nH]c(-c2cccs2)n1)c1ccccc1. The molecule has 0 aliphatic heterocycles. The molecule has 0 spiro atoms. The van der Waals surface area contributed by atoms with Gasteiger partial charge in [-0.2, -0.15) is 0 Å². The minimum atomic E-state index is -0.667. The third-order valence-corrected chi connectivity index (χ3v) is 6.51. The van der Waals surface area contributed by atoms with E-state index in [4.69, 9.17) is 11.6 Å². The molecule has 31 heavy (non-hydrogen) atoms. The van der Waals surface area contributed by atoms with Crippen molar-refractivity contribution in [2.24, 2.45) is 0 Å². The van der Waals surface area contributed by atoms with Gasteiger partial charge >= 0.3 is 0 Å². The van der Waals surface area contributed by atoms with Crippen LogP contribution in [0.5, 0.6) is 0 Å². The van der Waals surface area contributed by atoms with Crippen molar-refractivity contribution in [2.45, 2.75) is 10.4 Å². The van der Waals surface area contributed by atoms with Crippen molar-refractivity contribution in [2.75, 3.05) is 5.32 Å². The number of aromatic amines is 1. The Balaban J connectivity index is 1.58. The quantitative estimate of drug-likeness (QED) is 0.207. The first-order valence-corrected chi connectivity index (χ1v) is 11.1. The van der Waals surface area contributed by atoms with Gasteiger partial charge in [0.15, 0.2) is 5.82 Å². The molecule has 2 aromatic heterocycles. The molecule has 8 nitrogen and oxygen atoms in total. The van der Waals surface area contributed by atoms with Crippen molar-refractivity contribution in [1.29, 1.82) is 0 Å². The Morgan fingerprint density at radius 2 is 2.00 bits per heavy atom. The molecule has 4 rings (SSSR count). The summed E-state index contributed by atoms with van der Waals surface area (Å²) in [6.45, 7) is 0. The number of thiophene rings is 1. The van der Waals surface area contributed by atoms with Crippen LogP contribution in [0.15, 0.2) is 71.2 Å². The zero-order valence-corrected chi connectivity index (χ0v) is 18.1. The van der Waals surface area contributed by atoms with Crippen LogP contribution in [0.1, 0.15) is 10.8 Å². The number of nitro benzene ring substituents is 1. The van der Waals surface area contributed by atoms with Gasteiger partial charge in [0.1, 0.15) is 5.25 Å². The largest absolute Gasteiger partial charge is 0.323 e. The number of amides is 1. The summed E-state index contributed by atoms with van der Waals surface area (Å²) in [5, 5.41) is 22.6. The van der Waals surface area contributed by atoms with Gasteiger partial charge in [-0.1, -0.05) is 59.8 Å². The third-order valence-electron chi connectivity index (χ3n) is 4.20. The van der Waals surface area contributed by atoms with E-state index < -0.39 is 10.2 Å². The first-order valence-electron chi connectivity index (χ1n) is 8.94. The number of hydrogen-bond donors (Lipinski definition) is 2. The van der Waals surface area contributed by atoms with E-state index in [1.807, 2.05) is 47.8 Å². The minimum Gasteiger partial charge on any atom is -0.323 e. The predicted molar refractivity (Wildman–Crippen MR) is 121 cm³/mol. The molecule has 11 heteroatoms. The summed E-state index contributed by atoms with van der Waals surface area (Å²) in [6.07, 6.45) is 0. The summed E-state index contributed by atoms with van der Waals surface area (Å²) >= 11 is 8.86. The fraction of sp³-hybridized carbons (Fsp3) is 0.0500. The molecule has 0 aliphatic carbocycles. The Hall–Kier alpha value is -3.21. The van der Waals surface area contributed by atoms with Crippen LogP contribution in [0, 0.1) is 10.1 Å². The molecule has 0 saturated carbocycles. The number of nitro groups is 1. The monoisotopic (exact) mass is 471 g/mol. The molecule has 2 heterocycles. The van der Waals surface area contributed by atoms with E-state index in [2.05, 4.69) is 20.5 Å². The van der Waals surface area contributed by atoms with E-state index in [1.165, 1.54) is 41.3 Å². The highest BCUT2D eigenvalue weighted by molar-refractivity contribution is 8.00. The van der Waals surface area contributed by atoms with E-state index in [1.54, 1.807) is 0 Å². The second kappa shape index (κ2) is 9.29. The van der Waals surface area contributed by atoms with Crippen LogP contribution < -0.4 is 5.32 Å². The van der Waals surface area contributed by atoms with Crippen molar-refractivity contribution in [3.8, 4) is 10.7 Å². The molecule has 0 saturated heterocycles. The number of carbonyl (C=O) groups excluding carboxylic acids is 1. The molecule has 1 amide bonds. The number of rotatable bonds is 7. The number of halogens is 1. The third kappa shape index (κ3) is 4.93. The molecule has 2 aromatic carbocycles. The Morgan fingerprint density at radius 3 is 2.68 bits per heavy atom. The number of anilines is 1. The lowest BCUT2D eigenvalue weighted by molar-refractivity contribution is -0.384. The number of benzene rings is 2. The lowest BCUT2D eigenvalue weighted by Crippen LogP contribution is -2.19. The Morgan fingerprint density at radius 1 is 1.19 bits per heavy atom. The average Bonchev–Trinajstić information content (AvgIpc) is 3.46. The molecule has 0 fully saturated rings. The second-order valence-corrected chi connectivity index (χ2v) is 8.69. The number of non-ortho nitro benzene ring substituents is 1. The lowest BCUT2D eigenvalue weighted by Gasteiger charge is -2.16. The van der Waals surface area contributed by atoms with Gasteiger partial charge in [-0.3, -0.25) is 20.0 Å². The van der Waals surface area contributed by atoms with Gasteiger partial charge in [-0.25, -0.2) is 4.98 Å². The zero-order valence-electron chi connectivity index (χ0n) is 15.7. The first kappa shape index (κ1) is 21.0. The molecule has 0 aliphatic rings. The molecule has 0 radical (unpaired) electrons. The summed E-state index contributed by atoms with van der Waals surface area (Å²) < 4.78 is 0. The first-order chi connectivity index (χ1) is 15.0. The highest BCUT2D eigenvalue weighted by Gasteiger charge is 2.25. The molecule has 2 N–H and O–H groups in total. The summed E-state index contributed by atoms with van der Waals surface area (Å²) in [5.74, 6) is 0.276. The summed E-state index contributed by atoms with van der Waals surface area (Å²) in [5.41, 5.74) is 0.886. The number of carbonyl (C=O) groups is 1. The van der Waals surface area contributed by atoms with E-state index in [-0.39, 0.29) is 22.3 Å². The van der Waals surface area contributed by atoms with Gasteiger partial charge < -0.3 is 5.32 Å². The number of aromatic nitrogens is 3. The molecular formula is C20H14ClN5O3S2. The van der Waals surface area contributed by atoms with E-state index in [0.29, 0.717) is 11.0 Å². The molecule has 0 bridgehead atoms. The van der Waals surface area contributed by atoms with Crippen LogP contribution >= 0.6 is 34.7 Å². The zero-order chi connectivity index (χ0) is 21.8. The molecule has 156 valence electrons. The number of thioether (sulfide) groups is 1. The molecule has 1 unspecified atom stereocenters. The molecular weight excluding hydrogens is 458 g/mol. The normalized spacial score (nSPS) is 11.8. The smallest absolute Gasteiger partial charge is 0.271 e. The molecule has 4 aromatic rings. The van der Waals surface area contributed by atoms with Gasteiger partial charge in [0.2, 0.25) is 11.1 Å². The van der Waals surface area contributed by atoms with Crippen molar-refractivity contribution < 1.29 is 9.72 Å². The average molecular weight is 472 g/mol. The van der Waals surface area contributed by atoms with E-state index >= 15 is 0 Å². The standard InChI is InChI=1S/C20H14ClN5O3S2/c21-14-11-13(26(28)29)8-9-15(14)22-19(27)17(12-5-2-1-3-6-12)31-20-23-18(24-25-20)16-7-4-10-30-16/h1-11,17H,(H,22,27)(H,23,24,25). The maximum absolute atomic E-state index is 13.1. The van der Waals surface area contributed by atoms with Gasteiger partial charge in [0.25, 0.3) is 5.69 Å². The van der Waals surface area contributed by atoms with Crippen molar-refractivity contribution in [1.82, 2.24) is 15.2 Å². The van der Waals surface area contributed by atoms with E-state index in [0.717, 1.165) is 10.4 Å². The molecule has 1 atom stereocenters. The number of nitrogens with one attached hydrogen (secondary N) is 2. The van der Waals surface area contributed by atoms with Crippen molar-refractivity contribution >= 4 is 52.0 Å². The van der Waals surface area contributed by atoms with Gasteiger partial charge in [-0.05, 0) is 23.1 Å². The number of hydrogen-bond acceptors (Lipinski definition) is 7. The fourth-order valence-corrected chi connectivity index (χ4v) is 4.54. The Labute approximate surface area is 189 Å². The highest BCUT2D eigenvalue weighted by Crippen LogP contribution is 2.36. The fourth-order valence-electron chi connectivity index (χ4n) is 2.75. The maximum atomic E-state index is 13.1. The van der Waals surface area contributed by atoms with Crippen LogP contribution in [0.4, 0.5) is 11.4 Å². The van der Waals surface area contributed by atoms with Crippen LogP contribution in [0.3, 0.4) is 0 Å². The summed E-state index contributed by atoms with van der Waals surface area (Å²) in [6, 6.07) is 16.9. The summed E-state index contributed by atoms with van der Waals surface area (Å²) in [4.78, 5) is 28.9. The van der Waals surface area contributed by atoms with Gasteiger partial charge in [0.05, 0.1) is 20.5 Å². The van der Waals surface area contributed by atoms with Crippen molar-refractivity contribution in [3.63, 3.8) is 0 Å². The second-order valence-electron chi connectivity index (χ2n) is 6.26. The summed E-state index contributed by atoms with van der Waals surface area (Å²) in [7, 11) is 0. The minimum absolute atomic E-state index is 0.0808. The van der Waals surface area contributed by atoms with Crippen LogP contribution in [-0.4, -0.2) is 26.0 Å². The van der Waals surface area contributed by atoms with Crippen LogP contribution in [0.2, 0.25) is 5.02 Å².